The van der Waals surface area contributed by atoms with E-state index in [0.717, 1.165) is 22.5 Å². The quantitative estimate of drug-likeness (QED) is 0.651. The molecule has 5 nitrogen and oxygen atoms in total. The first-order chi connectivity index (χ1) is 13.0. The molecule has 0 bridgehead atoms. The summed E-state index contributed by atoms with van der Waals surface area (Å²) in [7, 11) is 0. The number of nitrogens with zero attached hydrogens (tertiary/aromatic N) is 2. The molecule has 0 atom stereocenters. The van der Waals surface area contributed by atoms with Crippen LogP contribution >= 0.6 is 0 Å². The summed E-state index contributed by atoms with van der Waals surface area (Å²) in [6.45, 7) is 5.90. The van der Waals surface area contributed by atoms with Crippen LogP contribution < -0.4 is 5.56 Å². The first-order valence-electron chi connectivity index (χ1n) is 8.92. The van der Waals surface area contributed by atoms with Gasteiger partial charge >= 0.3 is 5.97 Å². The van der Waals surface area contributed by atoms with Gasteiger partial charge in [0.2, 0.25) is 0 Å². The standard InChI is InChI=1S/C22H22N2O3/c1-4-27-20(25)14-17-10-12-19(13-11-17)24-15(2)21(22(26)23-16(24)3)18-8-6-5-7-9-18/h5-13H,4,14H2,1-3H3. The van der Waals surface area contributed by atoms with Crippen molar-refractivity contribution in [2.24, 2.45) is 0 Å². The molecule has 3 rings (SSSR count). The molecule has 0 saturated carbocycles. The minimum absolute atomic E-state index is 0.230. The Morgan fingerprint density at radius 1 is 1.04 bits per heavy atom. The zero-order valence-corrected chi connectivity index (χ0v) is 15.7. The van der Waals surface area contributed by atoms with Crippen molar-refractivity contribution in [2.75, 3.05) is 6.61 Å². The molecular formula is C22H22N2O3. The molecule has 1 heterocycles. The van der Waals surface area contributed by atoms with E-state index >= 15 is 0 Å². The van der Waals surface area contributed by atoms with Crippen molar-refractivity contribution in [3.8, 4) is 16.8 Å². The summed E-state index contributed by atoms with van der Waals surface area (Å²) in [6, 6.07) is 17.2. The van der Waals surface area contributed by atoms with Crippen LogP contribution in [0.5, 0.6) is 0 Å². The Bertz CT molecular complexity index is 1010. The lowest BCUT2D eigenvalue weighted by Gasteiger charge is -2.17. The maximum atomic E-state index is 12.5. The highest BCUT2D eigenvalue weighted by Crippen LogP contribution is 2.23. The molecule has 0 N–H and O–H groups in total. The van der Waals surface area contributed by atoms with Crippen molar-refractivity contribution in [3.05, 3.63) is 82.0 Å². The molecule has 2 aromatic carbocycles. The molecule has 0 unspecified atom stereocenters. The molecule has 0 spiro atoms. The van der Waals surface area contributed by atoms with Gasteiger partial charge in [0.25, 0.3) is 5.56 Å². The third kappa shape index (κ3) is 3.97. The lowest BCUT2D eigenvalue weighted by molar-refractivity contribution is -0.142. The van der Waals surface area contributed by atoms with E-state index in [1.54, 1.807) is 6.92 Å². The lowest BCUT2D eigenvalue weighted by atomic mass is 10.1. The SMILES string of the molecule is CCOC(=O)Cc1ccc(-n2c(C)nc(=O)c(-c3ccccc3)c2C)cc1. The monoisotopic (exact) mass is 362 g/mol. The van der Waals surface area contributed by atoms with E-state index < -0.39 is 0 Å². The second kappa shape index (κ2) is 7.99. The normalized spacial score (nSPS) is 10.6. The molecule has 1 aromatic heterocycles. The topological polar surface area (TPSA) is 61.2 Å². The Balaban J connectivity index is 2.02. The van der Waals surface area contributed by atoms with Gasteiger partial charge in [-0.1, -0.05) is 42.5 Å². The number of aromatic nitrogens is 2. The van der Waals surface area contributed by atoms with Crippen LogP contribution in [0.3, 0.4) is 0 Å². The summed E-state index contributed by atoms with van der Waals surface area (Å²) in [6.07, 6.45) is 0.240. The molecule has 0 radical (unpaired) electrons. The van der Waals surface area contributed by atoms with Gasteiger partial charge in [-0.15, -0.1) is 0 Å². The molecule has 0 aliphatic rings. The van der Waals surface area contributed by atoms with E-state index in [1.807, 2.05) is 73.0 Å². The lowest BCUT2D eigenvalue weighted by Crippen LogP contribution is -2.20. The van der Waals surface area contributed by atoms with Gasteiger partial charge < -0.3 is 9.30 Å². The van der Waals surface area contributed by atoms with E-state index in [2.05, 4.69) is 4.98 Å². The van der Waals surface area contributed by atoms with E-state index in [1.165, 1.54) is 0 Å². The van der Waals surface area contributed by atoms with Gasteiger partial charge in [0.15, 0.2) is 0 Å². The van der Waals surface area contributed by atoms with Gasteiger partial charge in [0.05, 0.1) is 18.6 Å². The van der Waals surface area contributed by atoms with Crippen LogP contribution in [0, 0.1) is 13.8 Å². The average Bonchev–Trinajstić information content (AvgIpc) is 2.64. The van der Waals surface area contributed by atoms with Crippen LogP contribution in [0.25, 0.3) is 16.8 Å². The second-order valence-corrected chi connectivity index (χ2v) is 6.27. The third-order valence-electron chi connectivity index (χ3n) is 4.41. The Labute approximate surface area is 158 Å². The van der Waals surface area contributed by atoms with Gasteiger partial charge in [-0.05, 0) is 44.0 Å². The zero-order valence-electron chi connectivity index (χ0n) is 15.7. The molecule has 0 aliphatic carbocycles. The molecule has 3 aromatic rings. The van der Waals surface area contributed by atoms with Crippen LogP contribution in [-0.4, -0.2) is 22.1 Å². The number of hydrogen-bond donors (Lipinski definition) is 0. The summed E-state index contributed by atoms with van der Waals surface area (Å²) in [5.74, 6) is 0.379. The number of ether oxygens (including phenoxy) is 1. The third-order valence-corrected chi connectivity index (χ3v) is 4.41. The van der Waals surface area contributed by atoms with Crippen molar-refractivity contribution >= 4 is 5.97 Å². The predicted octanol–water partition coefficient (Wildman–Crippen LogP) is 3.62. The molecule has 5 heteroatoms. The maximum absolute atomic E-state index is 12.5. The van der Waals surface area contributed by atoms with E-state index in [4.69, 9.17) is 4.74 Å². The van der Waals surface area contributed by atoms with Crippen LogP contribution in [0.15, 0.2) is 59.4 Å². The minimum atomic E-state index is -0.242. The molecule has 0 aliphatic heterocycles. The Kier molecular flexibility index (Phi) is 5.50. The van der Waals surface area contributed by atoms with E-state index in [9.17, 15) is 9.59 Å². The number of benzene rings is 2. The van der Waals surface area contributed by atoms with Gasteiger partial charge in [-0.25, -0.2) is 0 Å². The fraction of sp³-hybridized carbons (Fsp3) is 0.227. The Morgan fingerprint density at radius 3 is 2.33 bits per heavy atom. The first-order valence-corrected chi connectivity index (χ1v) is 8.92. The van der Waals surface area contributed by atoms with Gasteiger partial charge in [-0.2, -0.15) is 4.98 Å². The number of carbonyl (C=O) groups excluding carboxylic acids is 1. The Morgan fingerprint density at radius 2 is 1.70 bits per heavy atom. The van der Waals surface area contributed by atoms with Crippen molar-refractivity contribution in [1.29, 1.82) is 0 Å². The fourth-order valence-corrected chi connectivity index (χ4v) is 3.22. The highest BCUT2D eigenvalue weighted by Gasteiger charge is 2.15. The highest BCUT2D eigenvalue weighted by atomic mass is 16.5. The fourth-order valence-electron chi connectivity index (χ4n) is 3.22. The van der Waals surface area contributed by atoms with Crippen molar-refractivity contribution in [2.45, 2.75) is 27.2 Å². The van der Waals surface area contributed by atoms with Crippen LogP contribution in [0.2, 0.25) is 0 Å². The van der Waals surface area contributed by atoms with Crippen LogP contribution in [0.1, 0.15) is 24.0 Å². The summed E-state index contributed by atoms with van der Waals surface area (Å²) < 4.78 is 6.94. The Hall–Kier alpha value is -3.21. The average molecular weight is 362 g/mol. The smallest absolute Gasteiger partial charge is 0.310 e. The molecule has 0 amide bonds. The van der Waals surface area contributed by atoms with Gasteiger partial charge in [0.1, 0.15) is 5.82 Å². The predicted molar refractivity (Wildman–Crippen MR) is 105 cm³/mol. The molecule has 0 saturated heterocycles. The maximum Gasteiger partial charge on any atom is 0.310 e. The van der Waals surface area contributed by atoms with Crippen LogP contribution in [0.4, 0.5) is 0 Å². The van der Waals surface area contributed by atoms with Crippen molar-refractivity contribution in [1.82, 2.24) is 9.55 Å². The summed E-state index contributed by atoms with van der Waals surface area (Å²) in [5.41, 5.74) is 3.81. The van der Waals surface area contributed by atoms with Gasteiger partial charge in [0, 0.05) is 11.4 Å². The number of esters is 1. The number of aryl methyl sites for hydroxylation is 1. The molecule has 27 heavy (non-hydrogen) atoms. The first kappa shape index (κ1) is 18.6. The zero-order chi connectivity index (χ0) is 19.4. The van der Waals surface area contributed by atoms with Gasteiger partial charge in [-0.3, -0.25) is 9.59 Å². The molecular weight excluding hydrogens is 340 g/mol. The summed E-state index contributed by atoms with van der Waals surface area (Å²) in [5, 5.41) is 0. The highest BCUT2D eigenvalue weighted by molar-refractivity contribution is 5.72. The molecule has 0 fully saturated rings. The van der Waals surface area contributed by atoms with Crippen molar-refractivity contribution < 1.29 is 9.53 Å². The largest absolute Gasteiger partial charge is 0.466 e. The number of rotatable bonds is 5. The summed E-state index contributed by atoms with van der Waals surface area (Å²) in [4.78, 5) is 28.4. The van der Waals surface area contributed by atoms with E-state index in [-0.39, 0.29) is 17.9 Å². The van der Waals surface area contributed by atoms with Crippen LogP contribution in [-0.2, 0) is 16.0 Å². The minimum Gasteiger partial charge on any atom is -0.466 e. The second-order valence-electron chi connectivity index (χ2n) is 6.27. The number of carbonyl (C=O) groups is 1. The molecule has 138 valence electrons. The number of hydrogen-bond acceptors (Lipinski definition) is 4. The summed E-state index contributed by atoms with van der Waals surface area (Å²) >= 11 is 0. The van der Waals surface area contributed by atoms with E-state index in [0.29, 0.717) is 18.0 Å². The van der Waals surface area contributed by atoms with Crippen molar-refractivity contribution in [3.63, 3.8) is 0 Å².